The number of carbonyl (C=O) groups is 2. The van der Waals surface area contributed by atoms with Gasteiger partial charge >= 0.3 is 11.8 Å². The van der Waals surface area contributed by atoms with Crippen LogP contribution in [0.2, 0.25) is 0 Å². The van der Waals surface area contributed by atoms with Crippen molar-refractivity contribution in [3.8, 4) is 5.75 Å². The van der Waals surface area contributed by atoms with Crippen molar-refractivity contribution in [2.75, 3.05) is 12.4 Å². The molecule has 0 spiro atoms. The van der Waals surface area contributed by atoms with E-state index in [0.717, 1.165) is 17.4 Å². The molecule has 1 aliphatic rings. The highest BCUT2D eigenvalue weighted by Gasteiger charge is 2.42. The molecule has 0 aromatic heterocycles. The molecule has 2 aromatic rings. The Kier molecular flexibility index (Phi) is 4.65. The minimum absolute atomic E-state index is 0.0544. The maximum Gasteiger partial charge on any atom is 0.313 e. The van der Waals surface area contributed by atoms with E-state index in [2.05, 4.69) is 10.6 Å². The van der Waals surface area contributed by atoms with E-state index in [-0.39, 0.29) is 17.6 Å². The lowest BCUT2D eigenvalue weighted by Crippen LogP contribution is -2.37. The highest BCUT2D eigenvalue weighted by molar-refractivity contribution is 6.39. The Balaban J connectivity index is 1.60. The number of para-hydroxylation sites is 1. The van der Waals surface area contributed by atoms with Crippen LogP contribution in [0.25, 0.3) is 0 Å². The van der Waals surface area contributed by atoms with Crippen molar-refractivity contribution in [1.29, 1.82) is 0 Å². The number of rotatable bonds is 4. The van der Waals surface area contributed by atoms with E-state index in [4.69, 9.17) is 4.74 Å². The number of anilines is 1. The van der Waals surface area contributed by atoms with Crippen LogP contribution in [0.1, 0.15) is 17.9 Å². The largest absolute Gasteiger partial charge is 0.496 e. The third-order valence-corrected chi connectivity index (χ3v) is 4.05. The summed E-state index contributed by atoms with van der Waals surface area (Å²) in [5.74, 6) is -3.48. The first-order valence-electron chi connectivity index (χ1n) is 7.70. The van der Waals surface area contributed by atoms with Gasteiger partial charge in [-0.25, -0.2) is 8.78 Å². The highest BCUT2D eigenvalue weighted by Crippen LogP contribution is 2.44. The summed E-state index contributed by atoms with van der Waals surface area (Å²) in [5.41, 5.74) is 0.573. The molecule has 2 aromatic carbocycles. The molecule has 0 bridgehead atoms. The van der Waals surface area contributed by atoms with Crippen molar-refractivity contribution in [3.63, 3.8) is 0 Å². The van der Waals surface area contributed by atoms with E-state index in [1.54, 1.807) is 7.11 Å². The zero-order valence-electron chi connectivity index (χ0n) is 13.4. The first kappa shape index (κ1) is 16.9. The van der Waals surface area contributed by atoms with Crippen molar-refractivity contribution < 1.29 is 23.1 Å². The van der Waals surface area contributed by atoms with E-state index < -0.39 is 23.4 Å². The fourth-order valence-corrected chi connectivity index (χ4v) is 2.68. The molecule has 0 unspecified atom stereocenters. The van der Waals surface area contributed by atoms with Crippen LogP contribution in [-0.2, 0) is 9.59 Å². The predicted molar refractivity (Wildman–Crippen MR) is 87.3 cm³/mol. The number of ether oxygens (including phenoxy) is 1. The van der Waals surface area contributed by atoms with E-state index >= 15 is 0 Å². The third-order valence-electron chi connectivity index (χ3n) is 4.05. The Bertz CT molecular complexity index is 826. The number of carbonyl (C=O) groups excluding carboxylic acids is 2. The van der Waals surface area contributed by atoms with Gasteiger partial charge in [0.05, 0.1) is 12.8 Å². The van der Waals surface area contributed by atoms with Crippen LogP contribution < -0.4 is 15.4 Å². The van der Waals surface area contributed by atoms with Crippen molar-refractivity contribution in [2.45, 2.75) is 18.4 Å². The number of hydrogen-bond donors (Lipinski definition) is 2. The van der Waals surface area contributed by atoms with Crippen LogP contribution in [0.4, 0.5) is 14.5 Å². The van der Waals surface area contributed by atoms with Gasteiger partial charge in [0, 0.05) is 12.0 Å². The van der Waals surface area contributed by atoms with Crippen LogP contribution in [0.3, 0.4) is 0 Å². The molecule has 1 saturated carbocycles. The predicted octanol–water partition coefficient (Wildman–Crippen LogP) is 2.58. The lowest BCUT2D eigenvalue weighted by atomic mass is 10.1. The number of nitrogens with one attached hydrogen (secondary N) is 2. The summed E-state index contributed by atoms with van der Waals surface area (Å²) in [4.78, 5) is 23.8. The van der Waals surface area contributed by atoms with Gasteiger partial charge in [-0.1, -0.05) is 24.3 Å². The molecule has 2 N–H and O–H groups in total. The van der Waals surface area contributed by atoms with Gasteiger partial charge in [0.2, 0.25) is 0 Å². The number of methoxy groups -OCH3 is 1. The molecule has 7 heteroatoms. The monoisotopic (exact) mass is 346 g/mol. The van der Waals surface area contributed by atoms with Crippen LogP contribution in [0.5, 0.6) is 5.75 Å². The lowest BCUT2D eigenvalue weighted by Gasteiger charge is -2.09. The van der Waals surface area contributed by atoms with Crippen LogP contribution in [-0.4, -0.2) is 25.0 Å². The van der Waals surface area contributed by atoms with E-state index in [9.17, 15) is 18.4 Å². The summed E-state index contributed by atoms with van der Waals surface area (Å²) in [5, 5.41) is 4.66. The van der Waals surface area contributed by atoms with Gasteiger partial charge in [-0.05, 0) is 30.2 Å². The molecule has 2 atom stereocenters. The molecule has 0 saturated heterocycles. The number of amides is 2. The summed E-state index contributed by atoms with van der Waals surface area (Å²) < 4.78 is 31.9. The molecule has 25 heavy (non-hydrogen) atoms. The van der Waals surface area contributed by atoms with Crippen LogP contribution in [0, 0.1) is 11.6 Å². The fraction of sp³-hybridized carbons (Fsp3) is 0.222. The zero-order chi connectivity index (χ0) is 18.0. The molecule has 5 nitrogen and oxygen atoms in total. The molecule has 0 aliphatic heterocycles. The Labute approximate surface area is 143 Å². The van der Waals surface area contributed by atoms with Gasteiger partial charge in [0.15, 0.2) is 11.6 Å². The molecular formula is C18H16F2N2O3. The quantitative estimate of drug-likeness (QED) is 0.836. The molecule has 0 radical (unpaired) electrons. The van der Waals surface area contributed by atoms with Crippen LogP contribution >= 0.6 is 0 Å². The van der Waals surface area contributed by atoms with Gasteiger partial charge in [-0.3, -0.25) is 9.59 Å². The molecule has 2 amide bonds. The van der Waals surface area contributed by atoms with E-state index in [1.165, 1.54) is 12.1 Å². The summed E-state index contributed by atoms with van der Waals surface area (Å²) in [6, 6.07) is 10.6. The van der Waals surface area contributed by atoms with Crippen molar-refractivity contribution in [2.24, 2.45) is 0 Å². The van der Waals surface area contributed by atoms with Gasteiger partial charge < -0.3 is 15.4 Å². The zero-order valence-corrected chi connectivity index (χ0v) is 13.4. The molecule has 0 heterocycles. The average Bonchev–Trinajstić information content (AvgIpc) is 3.37. The molecular weight excluding hydrogens is 330 g/mol. The molecule has 1 fully saturated rings. The maximum absolute atomic E-state index is 13.5. The topological polar surface area (TPSA) is 67.4 Å². The third kappa shape index (κ3) is 3.60. The van der Waals surface area contributed by atoms with Crippen molar-refractivity contribution >= 4 is 17.5 Å². The van der Waals surface area contributed by atoms with Crippen LogP contribution in [0.15, 0.2) is 42.5 Å². The summed E-state index contributed by atoms with van der Waals surface area (Å²) in [7, 11) is 1.57. The lowest BCUT2D eigenvalue weighted by molar-refractivity contribution is -0.136. The SMILES string of the molecule is COc1ccccc1[C@@H]1C[C@@H]1NC(=O)C(=O)Nc1cccc(F)c1F. The summed E-state index contributed by atoms with van der Waals surface area (Å²) >= 11 is 0. The van der Waals surface area contributed by atoms with Crippen molar-refractivity contribution in [3.05, 3.63) is 59.7 Å². The smallest absolute Gasteiger partial charge is 0.313 e. The second-order valence-corrected chi connectivity index (χ2v) is 5.72. The van der Waals surface area contributed by atoms with Gasteiger partial charge in [-0.15, -0.1) is 0 Å². The van der Waals surface area contributed by atoms with Gasteiger partial charge in [-0.2, -0.15) is 0 Å². The normalized spacial score (nSPS) is 18.4. The number of hydrogen-bond acceptors (Lipinski definition) is 3. The minimum Gasteiger partial charge on any atom is -0.496 e. The molecule has 3 rings (SSSR count). The molecule has 130 valence electrons. The minimum atomic E-state index is -1.21. The van der Waals surface area contributed by atoms with E-state index in [0.29, 0.717) is 6.42 Å². The fourth-order valence-electron chi connectivity index (χ4n) is 2.68. The van der Waals surface area contributed by atoms with Crippen molar-refractivity contribution in [1.82, 2.24) is 5.32 Å². The first-order valence-corrected chi connectivity index (χ1v) is 7.70. The first-order chi connectivity index (χ1) is 12.0. The Hall–Kier alpha value is -2.96. The Morgan fingerprint density at radius 3 is 2.60 bits per heavy atom. The molecule has 1 aliphatic carbocycles. The Morgan fingerprint density at radius 1 is 1.08 bits per heavy atom. The average molecular weight is 346 g/mol. The van der Waals surface area contributed by atoms with E-state index in [1.807, 2.05) is 24.3 Å². The number of benzene rings is 2. The Morgan fingerprint density at radius 2 is 1.84 bits per heavy atom. The van der Waals surface area contributed by atoms with Gasteiger partial charge in [0.25, 0.3) is 0 Å². The second kappa shape index (κ2) is 6.88. The van der Waals surface area contributed by atoms with Gasteiger partial charge in [0.1, 0.15) is 5.75 Å². The number of halogens is 2. The maximum atomic E-state index is 13.5. The standard InChI is InChI=1S/C18H16F2N2O3/c1-25-15-8-3-2-5-10(15)11-9-14(11)22-18(24)17(23)21-13-7-4-6-12(19)16(13)20/h2-8,11,14H,9H2,1H3,(H,21,23)(H,22,24)/t11-,14-/m0/s1. The summed E-state index contributed by atoms with van der Waals surface area (Å²) in [6.45, 7) is 0. The second-order valence-electron chi connectivity index (χ2n) is 5.72. The summed E-state index contributed by atoms with van der Waals surface area (Å²) in [6.07, 6.45) is 0.674. The highest BCUT2D eigenvalue weighted by atomic mass is 19.2.